The Morgan fingerprint density at radius 2 is 2.04 bits per heavy atom. The predicted octanol–water partition coefficient (Wildman–Crippen LogP) is 2.96. The van der Waals surface area contributed by atoms with Crippen LogP contribution in [0.15, 0.2) is 34.9 Å². The molecule has 0 saturated carbocycles. The van der Waals surface area contributed by atoms with Crippen LogP contribution in [-0.4, -0.2) is 28.1 Å². The van der Waals surface area contributed by atoms with Gasteiger partial charge in [-0.25, -0.2) is 4.79 Å². The van der Waals surface area contributed by atoms with Crippen LogP contribution in [0, 0.1) is 13.8 Å². The number of aryl methyl sites for hydroxylation is 2. The Kier molecular flexibility index (Phi) is 4.07. The number of amides is 1. The van der Waals surface area contributed by atoms with Gasteiger partial charge in [-0.3, -0.25) is 4.79 Å². The highest BCUT2D eigenvalue weighted by atomic mass is 16.5. The highest BCUT2D eigenvalue weighted by Crippen LogP contribution is 2.23. The third-order valence-electron chi connectivity index (χ3n) is 3.63. The topological polar surface area (TPSA) is 97.2 Å². The SMILES string of the molecule is Cc1cc(NC(=O)C(C)OC(=O)c2c(C)[nH]c3ccccc23)no1. The van der Waals surface area contributed by atoms with Gasteiger partial charge in [-0.2, -0.15) is 0 Å². The molecule has 2 aromatic heterocycles. The number of carbonyl (C=O) groups excluding carboxylic acids is 2. The average molecular weight is 327 g/mol. The summed E-state index contributed by atoms with van der Waals surface area (Å²) < 4.78 is 10.2. The lowest BCUT2D eigenvalue weighted by Gasteiger charge is -2.12. The second kappa shape index (κ2) is 6.19. The number of nitrogens with one attached hydrogen (secondary N) is 2. The standard InChI is InChI=1S/C17H17N3O4/c1-9-8-14(20-24-9)19-16(21)11(3)23-17(22)15-10(2)18-13-7-5-4-6-12(13)15/h4-8,11,18H,1-3H3,(H,19,20,21). The highest BCUT2D eigenvalue weighted by Gasteiger charge is 2.23. The van der Waals surface area contributed by atoms with Crippen LogP contribution in [0.5, 0.6) is 0 Å². The van der Waals surface area contributed by atoms with E-state index in [1.807, 2.05) is 24.3 Å². The number of aromatic nitrogens is 2. The molecule has 1 atom stereocenters. The second-order valence-electron chi connectivity index (χ2n) is 5.53. The van der Waals surface area contributed by atoms with Crippen molar-refractivity contribution >= 4 is 28.6 Å². The lowest BCUT2D eigenvalue weighted by molar-refractivity contribution is -0.123. The van der Waals surface area contributed by atoms with E-state index in [0.717, 1.165) is 10.9 Å². The number of esters is 1. The minimum atomic E-state index is -0.970. The van der Waals surface area contributed by atoms with Crippen molar-refractivity contribution in [2.45, 2.75) is 26.9 Å². The molecule has 1 unspecified atom stereocenters. The Balaban J connectivity index is 1.73. The van der Waals surface area contributed by atoms with E-state index >= 15 is 0 Å². The fourth-order valence-electron chi connectivity index (χ4n) is 2.47. The van der Waals surface area contributed by atoms with Gasteiger partial charge < -0.3 is 19.6 Å². The van der Waals surface area contributed by atoms with E-state index in [9.17, 15) is 9.59 Å². The first-order chi connectivity index (χ1) is 11.5. The maximum absolute atomic E-state index is 12.5. The molecule has 7 heteroatoms. The number of H-pyrrole nitrogens is 1. The summed E-state index contributed by atoms with van der Waals surface area (Å²) in [7, 11) is 0. The van der Waals surface area contributed by atoms with Gasteiger partial charge >= 0.3 is 5.97 Å². The lowest BCUT2D eigenvalue weighted by atomic mass is 10.1. The van der Waals surface area contributed by atoms with Crippen molar-refractivity contribution in [2.24, 2.45) is 0 Å². The molecule has 2 N–H and O–H groups in total. The smallest absolute Gasteiger partial charge is 0.341 e. The van der Waals surface area contributed by atoms with Gasteiger partial charge in [0.1, 0.15) is 5.76 Å². The minimum absolute atomic E-state index is 0.281. The minimum Gasteiger partial charge on any atom is -0.449 e. The molecule has 0 radical (unpaired) electrons. The second-order valence-corrected chi connectivity index (χ2v) is 5.53. The molecule has 24 heavy (non-hydrogen) atoms. The summed E-state index contributed by atoms with van der Waals surface area (Å²) in [6.45, 7) is 5.01. The number of benzene rings is 1. The van der Waals surface area contributed by atoms with Gasteiger partial charge in [-0.1, -0.05) is 23.4 Å². The molecular weight excluding hydrogens is 310 g/mol. The molecule has 1 amide bonds. The summed E-state index contributed by atoms with van der Waals surface area (Å²) in [5.74, 6) is -0.175. The normalized spacial score (nSPS) is 12.1. The number of anilines is 1. The largest absolute Gasteiger partial charge is 0.449 e. The number of fused-ring (bicyclic) bond motifs is 1. The number of nitrogens with zero attached hydrogens (tertiary/aromatic N) is 1. The summed E-state index contributed by atoms with van der Waals surface area (Å²) in [5, 5.41) is 6.97. The molecule has 124 valence electrons. The average Bonchev–Trinajstić information content (AvgIpc) is 3.09. The monoisotopic (exact) mass is 327 g/mol. The van der Waals surface area contributed by atoms with Crippen LogP contribution in [0.2, 0.25) is 0 Å². The van der Waals surface area contributed by atoms with Gasteiger partial charge in [0.2, 0.25) is 0 Å². The maximum Gasteiger partial charge on any atom is 0.341 e. The van der Waals surface area contributed by atoms with E-state index < -0.39 is 18.0 Å². The molecular formula is C17H17N3O4. The van der Waals surface area contributed by atoms with Crippen molar-refractivity contribution in [2.75, 3.05) is 5.32 Å². The molecule has 0 bridgehead atoms. The van der Waals surface area contributed by atoms with Crippen LogP contribution < -0.4 is 5.32 Å². The number of ether oxygens (including phenoxy) is 1. The highest BCUT2D eigenvalue weighted by molar-refractivity contribution is 6.06. The lowest BCUT2D eigenvalue weighted by Crippen LogP contribution is -2.30. The summed E-state index contributed by atoms with van der Waals surface area (Å²) in [6.07, 6.45) is -0.970. The Labute approximate surface area is 138 Å². The van der Waals surface area contributed by atoms with Crippen molar-refractivity contribution < 1.29 is 18.8 Å². The fraction of sp³-hybridized carbons (Fsp3) is 0.235. The molecule has 0 spiro atoms. The fourth-order valence-corrected chi connectivity index (χ4v) is 2.47. The van der Waals surface area contributed by atoms with Crippen molar-refractivity contribution in [1.29, 1.82) is 0 Å². The van der Waals surface area contributed by atoms with E-state index in [1.54, 1.807) is 19.9 Å². The Morgan fingerprint density at radius 1 is 1.29 bits per heavy atom. The molecule has 0 aliphatic rings. The molecule has 0 aliphatic heterocycles. The molecule has 3 rings (SSSR count). The number of hydrogen-bond donors (Lipinski definition) is 2. The molecule has 0 fully saturated rings. The molecule has 7 nitrogen and oxygen atoms in total. The first kappa shape index (κ1) is 15.8. The van der Waals surface area contributed by atoms with Crippen LogP contribution in [0.1, 0.15) is 28.7 Å². The van der Waals surface area contributed by atoms with Crippen LogP contribution in [0.25, 0.3) is 10.9 Å². The van der Waals surface area contributed by atoms with E-state index in [-0.39, 0.29) is 5.82 Å². The Bertz CT molecular complexity index is 910. The molecule has 0 saturated heterocycles. The first-order valence-corrected chi connectivity index (χ1v) is 7.48. The Hall–Kier alpha value is -3.09. The van der Waals surface area contributed by atoms with Gasteiger partial charge in [0.25, 0.3) is 5.91 Å². The van der Waals surface area contributed by atoms with Crippen LogP contribution in [0.4, 0.5) is 5.82 Å². The number of para-hydroxylation sites is 1. The number of rotatable bonds is 4. The zero-order valence-electron chi connectivity index (χ0n) is 13.5. The number of hydrogen-bond acceptors (Lipinski definition) is 5. The van der Waals surface area contributed by atoms with Crippen molar-refractivity contribution in [3.05, 3.63) is 47.3 Å². The summed E-state index contributed by atoms with van der Waals surface area (Å²) in [5.41, 5.74) is 1.97. The first-order valence-electron chi connectivity index (χ1n) is 7.48. The maximum atomic E-state index is 12.5. The predicted molar refractivity (Wildman–Crippen MR) is 87.8 cm³/mol. The zero-order chi connectivity index (χ0) is 17.3. The van der Waals surface area contributed by atoms with Crippen LogP contribution in [0.3, 0.4) is 0 Å². The molecule has 0 aliphatic carbocycles. The van der Waals surface area contributed by atoms with E-state index in [4.69, 9.17) is 9.26 Å². The summed E-state index contributed by atoms with van der Waals surface area (Å²) in [6, 6.07) is 9.01. The van der Waals surface area contributed by atoms with Gasteiger partial charge in [0.05, 0.1) is 5.56 Å². The Morgan fingerprint density at radius 3 is 2.75 bits per heavy atom. The third-order valence-corrected chi connectivity index (χ3v) is 3.63. The van der Waals surface area contributed by atoms with Gasteiger partial charge in [0, 0.05) is 22.7 Å². The summed E-state index contributed by atoms with van der Waals surface area (Å²) in [4.78, 5) is 27.7. The number of aromatic amines is 1. The van der Waals surface area contributed by atoms with Crippen molar-refractivity contribution in [1.82, 2.24) is 10.1 Å². The van der Waals surface area contributed by atoms with Crippen molar-refractivity contribution in [3.8, 4) is 0 Å². The van der Waals surface area contributed by atoms with Crippen LogP contribution >= 0.6 is 0 Å². The van der Waals surface area contributed by atoms with E-state index in [1.165, 1.54) is 6.92 Å². The van der Waals surface area contributed by atoms with Gasteiger partial charge in [-0.05, 0) is 26.8 Å². The zero-order valence-corrected chi connectivity index (χ0v) is 13.5. The van der Waals surface area contributed by atoms with Gasteiger partial charge in [-0.15, -0.1) is 0 Å². The van der Waals surface area contributed by atoms with E-state index in [0.29, 0.717) is 17.0 Å². The van der Waals surface area contributed by atoms with Gasteiger partial charge in [0.15, 0.2) is 11.9 Å². The number of carbonyl (C=O) groups is 2. The molecule has 3 aromatic rings. The van der Waals surface area contributed by atoms with E-state index in [2.05, 4.69) is 15.5 Å². The third kappa shape index (κ3) is 3.01. The molecule has 2 heterocycles. The van der Waals surface area contributed by atoms with Crippen molar-refractivity contribution in [3.63, 3.8) is 0 Å². The molecule has 1 aromatic carbocycles. The van der Waals surface area contributed by atoms with Crippen LogP contribution in [-0.2, 0) is 9.53 Å². The quantitative estimate of drug-likeness (QED) is 0.718. The summed E-state index contributed by atoms with van der Waals surface area (Å²) >= 11 is 0.